The summed E-state index contributed by atoms with van der Waals surface area (Å²) >= 11 is 0. The van der Waals surface area contributed by atoms with Gasteiger partial charge in [0.1, 0.15) is 6.10 Å². The zero-order chi connectivity index (χ0) is 22.7. The molecule has 0 unspecified atom stereocenters. The van der Waals surface area contributed by atoms with E-state index < -0.39 is 11.7 Å². The van der Waals surface area contributed by atoms with Gasteiger partial charge in [-0.15, -0.1) is 0 Å². The SMILES string of the molecule is Cn1cc(-c2cnc(OC3CCN(C(=O)Cc4cccc(C(F)(F)F)c4)CC3)nc2)cn1. The number of rotatable bonds is 5. The first-order chi connectivity index (χ1) is 15.3. The van der Waals surface area contributed by atoms with E-state index in [4.69, 9.17) is 4.74 Å². The Kier molecular flexibility index (Phi) is 6.11. The van der Waals surface area contributed by atoms with Crippen LogP contribution in [-0.2, 0) is 24.4 Å². The van der Waals surface area contributed by atoms with Crippen LogP contribution in [0.5, 0.6) is 6.01 Å². The summed E-state index contributed by atoms with van der Waals surface area (Å²) in [6.07, 6.45) is 3.53. The molecule has 10 heteroatoms. The van der Waals surface area contributed by atoms with Crippen LogP contribution >= 0.6 is 0 Å². The molecule has 1 fully saturated rings. The van der Waals surface area contributed by atoms with E-state index in [-0.39, 0.29) is 24.4 Å². The maximum Gasteiger partial charge on any atom is 0.416 e. The minimum atomic E-state index is -4.42. The summed E-state index contributed by atoms with van der Waals surface area (Å²) in [6.45, 7) is 0.937. The van der Waals surface area contributed by atoms with Crippen molar-refractivity contribution in [3.8, 4) is 17.1 Å². The number of nitrogens with zero attached hydrogens (tertiary/aromatic N) is 5. The highest BCUT2D eigenvalue weighted by Gasteiger charge is 2.31. The maximum absolute atomic E-state index is 12.9. The molecule has 0 atom stereocenters. The van der Waals surface area contributed by atoms with Gasteiger partial charge in [0.2, 0.25) is 5.91 Å². The number of hydrogen-bond acceptors (Lipinski definition) is 5. The van der Waals surface area contributed by atoms with Crippen LogP contribution in [0.25, 0.3) is 11.1 Å². The summed E-state index contributed by atoms with van der Waals surface area (Å²) < 4.78 is 46.1. The summed E-state index contributed by atoms with van der Waals surface area (Å²) in [6, 6.07) is 5.16. The Morgan fingerprint density at radius 1 is 1.12 bits per heavy atom. The number of ether oxygens (including phenoxy) is 1. The number of benzene rings is 1. The van der Waals surface area contributed by atoms with Gasteiger partial charge in [0.25, 0.3) is 0 Å². The number of amides is 1. The van der Waals surface area contributed by atoms with Crippen molar-refractivity contribution in [2.24, 2.45) is 7.05 Å². The number of carbonyl (C=O) groups excluding carboxylic acids is 1. The molecule has 0 aliphatic carbocycles. The number of hydrogen-bond donors (Lipinski definition) is 0. The van der Waals surface area contributed by atoms with E-state index >= 15 is 0 Å². The first kappa shape index (κ1) is 21.8. The smallest absolute Gasteiger partial charge is 0.416 e. The Morgan fingerprint density at radius 3 is 2.47 bits per heavy atom. The minimum Gasteiger partial charge on any atom is -0.460 e. The molecule has 32 heavy (non-hydrogen) atoms. The molecule has 1 aromatic carbocycles. The van der Waals surface area contributed by atoms with Gasteiger partial charge in [-0.05, 0) is 11.6 Å². The molecule has 0 spiro atoms. The van der Waals surface area contributed by atoms with Crippen LogP contribution in [0.4, 0.5) is 13.2 Å². The fourth-order valence-electron chi connectivity index (χ4n) is 3.61. The van der Waals surface area contributed by atoms with Crippen molar-refractivity contribution in [1.82, 2.24) is 24.6 Å². The Hall–Kier alpha value is -3.43. The molecule has 0 N–H and O–H groups in total. The first-order valence-electron chi connectivity index (χ1n) is 10.2. The second kappa shape index (κ2) is 8.97. The van der Waals surface area contributed by atoms with Crippen LogP contribution in [0.1, 0.15) is 24.0 Å². The second-order valence-corrected chi connectivity index (χ2v) is 7.73. The lowest BCUT2D eigenvalue weighted by molar-refractivity contribution is -0.138. The van der Waals surface area contributed by atoms with Gasteiger partial charge < -0.3 is 9.64 Å². The molecule has 2 aromatic heterocycles. The monoisotopic (exact) mass is 445 g/mol. The Labute approximate surface area is 182 Å². The second-order valence-electron chi connectivity index (χ2n) is 7.73. The zero-order valence-electron chi connectivity index (χ0n) is 17.4. The predicted molar refractivity (Wildman–Crippen MR) is 110 cm³/mol. The number of halogens is 3. The molecular weight excluding hydrogens is 423 g/mol. The van der Waals surface area contributed by atoms with Crippen molar-refractivity contribution in [2.75, 3.05) is 13.1 Å². The molecule has 4 rings (SSSR count). The van der Waals surface area contributed by atoms with Gasteiger partial charge in [0, 0.05) is 62.7 Å². The number of aryl methyl sites for hydroxylation is 1. The molecule has 0 bridgehead atoms. The van der Waals surface area contributed by atoms with E-state index in [2.05, 4.69) is 15.1 Å². The van der Waals surface area contributed by atoms with E-state index in [0.717, 1.165) is 23.3 Å². The third-order valence-electron chi connectivity index (χ3n) is 5.34. The van der Waals surface area contributed by atoms with Gasteiger partial charge in [-0.25, -0.2) is 9.97 Å². The van der Waals surface area contributed by atoms with Gasteiger partial charge in [-0.1, -0.05) is 18.2 Å². The van der Waals surface area contributed by atoms with Crippen LogP contribution < -0.4 is 4.74 Å². The fraction of sp³-hybridized carbons (Fsp3) is 0.364. The van der Waals surface area contributed by atoms with Crippen molar-refractivity contribution >= 4 is 5.91 Å². The Morgan fingerprint density at radius 2 is 1.84 bits per heavy atom. The quantitative estimate of drug-likeness (QED) is 0.601. The number of piperidine rings is 1. The third-order valence-corrected chi connectivity index (χ3v) is 5.34. The van der Waals surface area contributed by atoms with Crippen molar-refractivity contribution in [1.29, 1.82) is 0 Å². The first-order valence-corrected chi connectivity index (χ1v) is 10.2. The maximum atomic E-state index is 12.9. The van der Waals surface area contributed by atoms with Crippen molar-refractivity contribution in [3.05, 3.63) is 60.2 Å². The van der Waals surface area contributed by atoms with Crippen LogP contribution in [0, 0.1) is 0 Å². The van der Waals surface area contributed by atoms with Gasteiger partial charge in [0.05, 0.1) is 18.2 Å². The summed E-state index contributed by atoms with van der Waals surface area (Å²) in [4.78, 5) is 22.7. The zero-order valence-corrected chi connectivity index (χ0v) is 17.4. The molecule has 3 heterocycles. The lowest BCUT2D eigenvalue weighted by Gasteiger charge is -2.31. The summed E-state index contributed by atoms with van der Waals surface area (Å²) in [5.41, 5.74) is 1.35. The van der Waals surface area contributed by atoms with E-state index in [0.29, 0.717) is 31.5 Å². The Bertz CT molecular complexity index is 1070. The predicted octanol–water partition coefficient (Wildman–Crippen LogP) is 3.51. The van der Waals surface area contributed by atoms with E-state index in [1.54, 1.807) is 28.2 Å². The molecule has 1 aliphatic heterocycles. The van der Waals surface area contributed by atoms with Crippen LogP contribution in [0.15, 0.2) is 49.1 Å². The highest BCUT2D eigenvalue weighted by molar-refractivity contribution is 5.79. The topological polar surface area (TPSA) is 73.1 Å². The van der Waals surface area contributed by atoms with Gasteiger partial charge in [0.15, 0.2) is 0 Å². The molecule has 168 valence electrons. The standard InChI is InChI=1S/C22H22F3N5O2/c1-29-14-17(13-28-29)16-11-26-21(27-12-16)32-19-5-7-30(8-6-19)20(31)10-15-3-2-4-18(9-15)22(23,24)25/h2-4,9,11-14,19H,5-8,10H2,1H3. The van der Waals surface area contributed by atoms with Crippen molar-refractivity contribution in [3.63, 3.8) is 0 Å². The largest absolute Gasteiger partial charge is 0.460 e. The molecule has 1 amide bonds. The molecule has 3 aromatic rings. The summed E-state index contributed by atoms with van der Waals surface area (Å²) in [5, 5.41) is 4.12. The lowest BCUT2D eigenvalue weighted by Crippen LogP contribution is -2.42. The van der Waals surface area contributed by atoms with E-state index in [1.165, 1.54) is 12.1 Å². The van der Waals surface area contributed by atoms with E-state index in [1.807, 2.05) is 13.2 Å². The highest BCUT2D eigenvalue weighted by atomic mass is 19.4. The lowest BCUT2D eigenvalue weighted by atomic mass is 10.0. The van der Waals surface area contributed by atoms with Gasteiger partial charge >= 0.3 is 12.2 Å². The number of carbonyl (C=O) groups is 1. The molecular formula is C22H22F3N5O2. The normalized spacial score (nSPS) is 15.1. The minimum absolute atomic E-state index is 0.0612. The number of aromatic nitrogens is 4. The molecule has 0 saturated carbocycles. The van der Waals surface area contributed by atoms with Gasteiger partial charge in [-0.3, -0.25) is 9.48 Å². The highest BCUT2D eigenvalue weighted by Crippen LogP contribution is 2.29. The average molecular weight is 445 g/mol. The van der Waals surface area contributed by atoms with Gasteiger partial charge in [-0.2, -0.15) is 18.3 Å². The molecule has 7 nitrogen and oxygen atoms in total. The van der Waals surface area contributed by atoms with Crippen LogP contribution in [0.2, 0.25) is 0 Å². The fourth-order valence-corrected chi connectivity index (χ4v) is 3.61. The molecule has 1 saturated heterocycles. The Balaban J connectivity index is 1.28. The summed E-state index contributed by atoms with van der Waals surface area (Å²) in [7, 11) is 1.83. The van der Waals surface area contributed by atoms with Crippen LogP contribution in [-0.4, -0.2) is 49.7 Å². The van der Waals surface area contributed by atoms with Crippen LogP contribution in [0.3, 0.4) is 0 Å². The van der Waals surface area contributed by atoms with Crippen molar-refractivity contribution in [2.45, 2.75) is 31.5 Å². The van der Waals surface area contributed by atoms with Crippen molar-refractivity contribution < 1.29 is 22.7 Å². The average Bonchev–Trinajstić information content (AvgIpc) is 3.21. The summed E-state index contributed by atoms with van der Waals surface area (Å²) in [5.74, 6) is -0.195. The number of likely N-dealkylation sites (tertiary alicyclic amines) is 1. The van der Waals surface area contributed by atoms with E-state index in [9.17, 15) is 18.0 Å². The number of alkyl halides is 3. The molecule has 0 radical (unpaired) electrons. The third kappa shape index (κ3) is 5.24. The molecule has 1 aliphatic rings.